The fraction of sp³-hybridized carbons (Fsp3) is 0.333. The highest BCUT2D eigenvalue weighted by Gasteiger charge is 2.45. The number of ether oxygens (including phenoxy) is 1. The average Bonchev–Trinajstić information content (AvgIpc) is 2.72. The van der Waals surface area contributed by atoms with Gasteiger partial charge in [0.25, 0.3) is 5.25 Å². The molecule has 0 amide bonds. The van der Waals surface area contributed by atoms with Crippen LogP contribution < -0.4 is 4.74 Å². The Morgan fingerprint density at radius 2 is 1.48 bits per heavy atom. The number of aromatic nitrogens is 2. The molecule has 1 N–H and O–H groups in total. The SMILES string of the molecule is COc1cc(-c2ccc(SC(C)(F)F)cc2)ccc1C(O)(c1cncnc1)C(C)(C)C. The summed E-state index contributed by atoms with van der Waals surface area (Å²) in [5.74, 6) is 0.511. The van der Waals surface area contributed by atoms with Crippen molar-refractivity contribution in [1.82, 2.24) is 9.97 Å². The lowest BCUT2D eigenvalue weighted by molar-refractivity contribution is -0.0281. The smallest absolute Gasteiger partial charge is 0.295 e. The van der Waals surface area contributed by atoms with E-state index in [9.17, 15) is 13.9 Å². The van der Waals surface area contributed by atoms with Gasteiger partial charge in [0.05, 0.1) is 7.11 Å². The van der Waals surface area contributed by atoms with Gasteiger partial charge in [0.1, 0.15) is 17.7 Å². The number of thioether (sulfide) groups is 1. The lowest BCUT2D eigenvalue weighted by Crippen LogP contribution is -2.41. The van der Waals surface area contributed by atoms with Gasteiger partial charge in [-0.15, -0.1) is 0 Å². The number of methoxy groups -OCH3 is 1. The number of hydrogen-bond acceptors (Lipinski definition) is 5. The van der Waals surface area contributed by atoms with Crippen LogP contribution in [0.15, 0.2) is 66.1 Å². The molecule has 1 aromatic heterocycles. The molecule has 164 valence electrons. The van der Waals surface area contributed by atoms with Gasteiger partial charge >= 0.3 is 0 Å². The topological polar surface area (TPSA) is 55.2 Å². The van der Waals surface area contributed by atoms with Crippen LogP contribution in [-0.2, 0) is 5.60 Å². The van der Waals surface area contributed by atoms with E-state index < -0.39 is 16.3 Å². The summed E-state index contributed by atoms with van der Waals surface area (Å²) in [6.45, 7) is 6.69. The van der Waals surface area contributed by atoms with Crippen molar-refractivity contribution in [2.24, 2.45) is 5.41 Å². The molecule has 3 aromatic rings. The Kier molecular flexibility index (Phi) is 6.39. The fourth-order valence-electron chi connectivity index (χ4n) is 3.57. The molecular weight excluding hydrogens is 418 g/mol. The van der Waals surface area contributed by atoms with Crippen LogP contribution in [0.4, 0.5) is 8.78 Å². The summed E-state index contributed by atoms with van der Waals surface area (Å²) in [5.41, 5.74) is 0.883. The van der Waals surface area contributed by atoms with Crippen LogP contribution in [0.2, 0.25) is 0 Å². The van der Waals surface area contributed by atoms with Crippen molar-refractivity contribution in [2.45, 2.75) is 43.4 Å². The Morgan fingerprint density at radius 1 is 0.903 bits per heavy atom. The Balaban J connectivity index is 2.05. The molecule has 0 radical (unpaired) electrons. The summed E-state index contributed by atoms with van der Waals surface area (Å²) in [7, 11) is 1.55. The maximum Gasteiger partial charge on any atom is 0.295 e. The maximum atomic E-state index is 13.2. The van der Waals surface area contributed by atoms with Crippen LogP contribution in [0.25, 0.3) is 11.1 Å². The number of aliphatic hydroxyl groups is 1. The van der Waals surface area contributed by atoms with Gasteiger partial charge in [0.2, 0.25) is 0 Å². The predicted octanol–water partition coefficient (Wildman–Crippen LogP) is 6.14. The van der Waals surface area contributed by atoms with Crippen molar-refractivity contribution in [3.05, 3.63) is 72.3 Å². The van der Waals surface area contributed by atoms with Crippen molar-refractivity contribution >= 4 is 11.8 Å². The second kappa shape index (κ2) is 8.55. The Hall–Kier alpha value is -2.51. The first-order valence-corrected chi connectivity index (χ1v) is 10.6. The first kappa shape index (κ1) is 23.2. The predicted molar refractivity (Wildman–Crippen MR) is 119 cm³/mol. The molecule has 0 aliphatic carbocycles. The van der Waals surface area contributed by atoms with E-state index in [1.807, 2.05) is 39.0 Å². The van der Waals surface area contributed by atoms with E-state index in [4.69, 9.17) is 4.74 Å². The minimum Gasteiger partial charge on any atom is -0.496 e. The molecule has 1 atom stereocenters. The van der Waals surface area contributed by atoms with Crippen molar-refractivity contribution in [1.29, 1.82) is 0 Å². The summed E-state index contributed by atoms with van der Waals surface area (Å²) >= 11 is 0.516. The lowest BCUT2D eigenvalue weighted by Gasteiger charge is -2.41. The van der Waals surface area contributed by atoms with E-state index >= 15 is 0 Å². The highest BCUT2D eigenvalue weighted by molar-refractivity contribution is 8.00. The van der Waals surface area contributed by atoms with Gasteiger partial charge in [-0.05, 0) is 34.7 Å². The number of benzene rings is 2. The van der Waals surface area contributed by atoms with Gasteiger partial charge in [-0.1, -0.05) is 56.8 Å². The third-order valence-electron chi connectivity index (χ3n) is 5.14. The number of alkyl halides is 2. The summed E-state index contributed by atoms with van der Waals surface area (Å²) in [6.07, 6.45) is 4.63. The zero-order valence-corrected chi connectivity index (χ0v) is 19.0. The summed E-state index contributed by atoms with van der Waals surface area (Å²) < 4.78 is 32.1. The number of halogens is 2. The summed E-state index contributed by atoms with van der Waals surface area (Å²) in [5, 5.41) is 9.05. The summed E-state index contributed by atoms with van der Waals surface area (Å²) in [4.78, 5) is 8.64. The van der Waals surface area contributed by atoms with Gasteiger partial charge in [0.15, 0.2) is 0 Å². The largest absolute Gasteiger partial charge is 0.496 e. The molecule has 0 fully saturated rings. The van der Waals surface area contributed by atoms with Gasteiger partial charge in [-0.2, -0.15) is 8.78 Å². The fourth-order valence-corrected chi connectivity index (χ4v) is 4.26. The Bertz CT molecular complexity index is 1030. The van der Waals surface area contributed by atoms with E-state index in [0.717, 1.165) is 18.1 Å². The van der Waals surface area contributed by atoms with E-state index in [0.29, 0.717) is 33.5 Å². The van der Waals surface area contributed by atoms with Crippen molar-refractivity contribution in [3.63, 3.8) is 0 Å². The van der Waals surface area contributed by atoms with Crippen LogP contribution in [0.5, 0.6) is 5.75 Å². The van der Waals surface area contributed by atoms with E-state index in [2.05, 4.69) is 9.97 Å². The molecule has 1 heterocycles. The number of nitrogens with zero attached hydrogens (tertiary/aromatic N) is 2. The second-order valence-corrected chi connectivity index (χ2v) is 9.83. The third-order valence-corrected chi connectivity index (χ3v) is 6.01. The van der Waals surface area contributed by atoms with Gasteiger partial charge in [-0.25, -0.2) is 9.97 Å². The maximum absolute atomic E-state index is 13.2. The highest BCUT2D eigenvalue weighted by Crippen LogP contribution is 2.48. The molecule has 0 saturated carbocycles. The molecule has 2 aromatic carbocycles. The standard InChI is InChI=1S/C24H26F2N2O2S/c1-22(2,3)24(29,18-13-27-15-28-14-18)20-11-8-17(12-21(20)30-5)16-6-9-19(10-7-16)31-23(4,25)26/h6-15,29H,1-5H3. The number of hydrogen-bond donors (Lipinski definition) is 1. The third kappa shape index (κ3) is 4.88. The zero-order valence-electron chi connectivity index (χ0n) is 18.2. The minimum absolute atomic E-state index is 0.492. The Morgan fingerprint density at radius 3 is 2.00 bits per heavy atom. The normalized spacial score (nSPS) is 14.2. The first-order chi connectivity index (χ1) is 14.5. The molecule has 0 bridgehead atoms. The van der Waals surface area contributed by atoms with Gasteiger partial charge in [-0.3, -0.25) is 0 Å². The summed E-state index contributed by atoms with van der Waals surface area (Å²) in [6, 6.07) is 12.5. The quantitative estimate of drug-likeness (QED) is 0.463. The molecule has 4 nitrogen and oxygen atoms in total. The van der Waals surface area contributed by atoms with Crippen molar-refractivity contribution in [2.75, 3.05) is 7.11 Å². The van der Waals surface area contributed by atoms with Crippen molar-refractivity contribution < 1.29 is 18.6 Å². The molecule has 0 saturated heterocycles. The Labute approximate surface area is 185 Å². The van der Waals surface area contributed by atoms with E-state index in [-0.39, 0.29) is 0 Å². The molecule has 0 aliphatic heterocycles. The van der Waals surface area contributed by atoms with Crippen LogP contribution in [0, 0.1) is 5.41 Å². The van der Waals surface area contributed by atoms with Crippen LogP contribution in [-0.4, -0.2) is 27.4 Å². The van der Waals surface area contributed by atoms with Gasteiger partial charge in [0, 0.05) is 35.3 Å². The second-order valence-electron chi connectivity index (χ2n) is 8.44. The number of rotatable bonds is 6. The van der Waals surface area contributed by atoms with E-state index in [1.54, 1.807) is 43.8 Å². The zero-order chi connectivity index (χ0) is 22.9. The van der Waals surface area contributed by atoms with E-state index in [1.165, 1.54) is 6.33 Å². The van der Waals surface area contributed by atoms with Gasteiger partial charge < -0.3 is 9.84 Å². The van der Waals surface area contributed by atoms with Crippen LogP contribution in [0.3, 0.4) is 0 Å². The molecular formula is C24H26F2N2O2S. The molecule has 0 spiro atoms. The molecule has 0 aliphatic rings. The monoisotopic (exact) mass is 444 g/mol. The van der Waals surface area contributed by atoms with Crippen molar-refractivity contribution in [3.8, 4) is 16.9 Å². The molecule has 1 unspecified atom stereocenters. The molecule has 3 rings (SSSR count). The van der Waals surface area contributed by atoms with Crippen LogP contribution >= 0.6 is 11.8 Å². The first-order valence-electron chi connectivity index (χ1n) is 9.79. The highest BCUT2D eigenvalue weighted by atomic mass is 32.2. The minimum atomic E-state index is -2.83. The average molecular weight is 445 g/mol. The lowest BCUT2D eigenvalue weighted by atomic mass is 9.68. The molecule has 31 heavy (non-hydrogen) atoms. The molecule has 7 heteroatoms. The van der Waals surface area contributed by atoms with Crippen LogP contribution in [0.1, 0.15) is 38.8 Å².